The molecule has 0 radical (unpaired) electrons. The van der Waals surface area contributed by atoms with Crippen LogP contribution in [0.4, 0.5) is 5.95 Å². The minimum Gasteiger partial charge on any atom is -0.292 e. The maximum absolute atomic E-state index is 6.06. The van der Waals surface area contributed by atoms with Crippen LogP contribution >= 0.6 is 23.2 Å². The maximum atomic E-state index is 6.06. The average Bonchev–Trinajstić information content (AvgIpc) is 2.29. The summed E-state index contributed by atoms with van der Waals surface area (Å²) < 4.78 is 0. The molecule has 2 rings (SSSR count). The summed E-state index contributed by atoms with van der Waals surface area (Å²) in [5.41, 5.74) is 3.84. The van der Waals surface area contributed by atoms with Crippen molar-refractivity contribution in [2.24, 2.45) is 5.84 Å². The number of hydrazine groups is 1. The zero-order chi connectivity index (χ0) is 11.5. The van der Waals surface area contributed by atoms with E-state index < -0.39 is 0 Å². The predicted molar refractivity (Wildman–Crippen MR) is 65.3 cm³/mol. The number of halogens is 2. The fourth-order valence-corrected chi connectivity index (χ4v) is 1.78. The van der Waals surface area contributed by atoms with Gasteiger partial charge in [-0.2, -0.15) is 0 Å². The maximum Gasteiger partial charge on any atom is 0.237 e. The van der Waals surface area contributed by atoms with Crippen LogP contribution in [-0.2, 0) is 0 Å². The van der Waals surface area contributed by atoms with E-state index in [0.29, 0.717) is 21.7 Å². The van der Waals surface area contributed by atoms with E-state index >= 15 is 0 Å². The lowest BCUT2D eigenvalue weighted by molar-refractivity contribution is 1.12. The molecular weight excluding hydrogens is 247 g/mol. The number of nitrogens with two attached hydrogens (primary N) is 1. The second-order valence-corrected chi connectivity index (χ2v) is 3.88. The minimum atomic E-state index is 0.337. The standard InChI is InChI=1S/C10H8Cl2N4/c11-6-1-2-7(8(12)5-6)9-3-4-14-10(15-9)16-13/h1-5H,13H2,(H,14,15,16). The van der Waals surface area contributed by atoms with E-state index in [9.17, 15) is 0 Å². The molecule has 1 aromatic heterocycles. The van der Waals surface area contributed by atoms with Crippen molar-refractivity contribution in [1.29, 1.82) is 0 Å². The molecule has 0 aliphatic carbocycles. The fourth-order valence-electron chi connectivity index (χ4n) is 1.28. The van der Waals surface area contributed by atoms with Crippen LogP contribution in [0.1, 0.15) is 0 Å². The molecule has 2 aromatic rings. The van der Waals surface area contributed by atoms with Crippen molar-refractivity contribution in [1.82, 2.24) is 9.97 Å². The molecule has 0 unspecified atom stereocenters. The van der Waals surface area contributed by atoms with Gasteiger partial charge in [0.05, 0.1) is 10.7 Å². The van der Waals surface area contributed by atoms with Gasteiger partial charge in [-0.25, -0.2) is 15.8 Å². The summed E-state index contributed by atoms with van der Waals surface area (Å²) in [6.45, 7) is 0. The summed E-state index contributed by atoms with van der Waals surface area (Å²) in [5, 5.41) is 1.12. The van der Waals surface area contributed by atoms with Crippen LogP contribution < -0.4 is 11.3 Å². The molecule has 0 spiro atoms. The molecule has 0 saturated carbocycles. The third-order valence-electron chi connectivity index (χ3n) is 1.99. The molecule has 1 aromatic carbocycles. The van der Waals surface area contributed by atoms with Crippen molar-refractivity contribution in [3.8, 4) is 11.3 Å². The van der Waals surface area contributed by atoms with Gasteiger partial charge in [0.2, 0.25) is 5.95 Å². The third kappa shape index (κ3) is 2.24. The van der Waals surface area contributed by atoms with Crippen molar-refractivity contribution >= 4 is 29.2 Å². The Morgan fingerprint density at radius 2 is 2.00 bits per heavy atom. The predicted octanol–water partition coefficient (Wildman–Crippen LogP) is 2.74. The first kappa shape index (κ1) is 11.1. The number of nitrogens with zero attached hydrogens (tertiary/aromatic N) is 2. The van der Waals surface area contributed by atoms with Gasteiger partial charge in [-0.1, -0.05) is 23.2 Å². The highest BCUT2D eigenvalue weighted by Crippen LogP contribution is 2.29. The Morgan fingerprint density at radius 1 is 1.19 bits per heavy atom. The van der Waals surface area contributed by atoms with Gasteiger partial charge in [-0.05, 0) is 24.3 Å². The first-order valence-electron chi connectivity index (χ1n) is 4.46. The Hall–Kier alpha value is -1.36. The van der Waals surface area contributed by atoms with Gasteiger partial charge in [-0.15, -0.1) is 0 Å². The number of hydrogen-bond acceptors (Lipinski definition) is 4. The molecule has 0 atom stereocenters. The third-order valence-corrected chi connectivity index (χ3v) is 2.54. The Bertz CT molecular complexity index is 516. The lowest BCUT2D eigenvalue weighted by atomic mass is 10.1. The molecule has 3 N–H and O–H groups in total. The van der Waals surface area contributed by atoms with Crippen LogP contribution in [0.25, 0.3) is 11.3 Å². The molecule has 0 aliphatic rings. The van der Waals surface area contributed by atoms with Crippen LogP contribution in [-0.4, -0.2) is 9.97 Å². The van der Waals surface area contributed by atoms with Crippen LogP contribution in [0.5, 0.6) is 0 Å². The van der Waals surface area contributed by atoms with Gasteiger partial charge in [-0.3, -0.25) is 5.43 Å². The summed E-state index contributed by atoms with van der Waals surface area (Å²) >= 11 is 11.9. The van der Waals surface area contributed by atoms with E-state index in [0.717, 1.165) is 5.56 Å². The minimum absolute atomic E-state index is 0.337. The molecule has 16 heavy (non-hydrogen) atoms. The smallest absolute Gasteiger partial charge is 0.237 e. The summed E-state index contributed by atoms with van der Waals surface area (Å²) in [6, 6.07) is 6.96. The number of aromatic nitrogens is 2. The SMILES string of the molecule is NNc1nccc(-c2ccc(Cl)cc2Cl)n1. The van der Waals surface area contributed by atoms with Crippen LogP contribution in [0.2, 0.25) is 10.0 Å². The van der Waals surface area contributed by atoms with Crippen molar-refractivity contribution in [2.45, 2.75) is 0 Å². The summed E-state index contributed by atoms with van der Waals surface area (Å²) in [6.07, 6.45) is 1.60. The normalized spacial score (nSPS) is 10.2. The number of hydrogen-bond donors (Lipinski definition) is 2. The van der Waals surface area contributed by atoms with E-state index in [-0.39, 0.29) is 0 Å². The monoisotopic (exact) mass is 254 g/mol. The second-order valence-electron chi connectivity index (χ2n) is 3.03. The number of anilines is 1. The largest absolute Gasteiger partial charge is 0.292 e. The Morgan fingerprint density at radius 3 is 2.69 bits per heavy atom. The van der Waals surface area contributed by atoms with Crippen molar-refractivity contribution in [3.05, 3.63) is 40.5 Å². The zero-order valence-corrected chi connectivity index (χ0v) is 9.63. The molecule has 0 saturated heterocycles. The molecule has 1 heterocycles. The van der Waals surface area contributed by atoms with E-state index in [2.05, 4.69) is 15.4 Å². The van der Waals surface area contributed by atoms with Gasteiger partial charge in [0.1, 0.15) is 0 Å². The number of nitrogens with one attached hydrogen (secondary N) is 1. The second kappa shape index (κ2) is 4.65. The highest BCUT2D eigenvalue weighted by molar-refractivity contribution is 6.36. The quantitative estimate of drug-likeness (QED) is 0.639. The molecule has 4 nitrogen and oxygen atoms in total. The highest BCUT2D eigenvalue weighted by Gasteiger charge is 2.06. The fraction of sp³-hybridized carbons (Fsp3) is 0. The molecule has 0 bridgehead atoms. The summed E-state index contributed by atoms with van der Waals surface area (Å²) in [5.74, 6) is 5.57. The Kier molecular flexibility index (Phi) is 3.24. The molecule has 82 valence electrons. The van der Waals surface area contributed by atoms with Gasteiger partial charge in [0, 0.05) is 16.8 Å². The van der Waals surface area contributed by atoms with E-state index in [1.165, 1.54) is 0 Å². The average molecular weight is 255 g/mol. The first-order chi connectivity index (χ1) is 7.70. The molecule has 0 amide bonds. The van der Waals surface area contributed by atoms with Crippen molar-refractivity contribution < 1.29 is 0 Å². The van der Waals surface area contributed by atoms with Gasteiger partial charge in [0.15, 0.2) is 0 Å². The summed E-state index contributed by atoms with van der Waals surface area (Å²) in [4.78, 5) is 8.09. The Labute approximate surface area is 102 Å². The van der Waals surface area contributed by atoms with Gasteiger partial charge in [0.25, 0.3) is 0 Å². The lowest BCUT2D eigenvalue weighted by Gasteiger charge is -2.05. The van der Waals surface area contributed by atoms with E-state index in [4.69, 9.17) is 29.0 Å². The molecular formula is C10H8Cl2N4. The zero-order valence-electron chi connectivity index (χ0n) is 8.11. The van der Waals surface area contributed by atoms with Gasteiger partial charge < -0.3 is 0 Å². The lowest BCUT2D eigenvalue weighted by Crippen LogP contribution is -2.10. The van der Waals surface area contributed by atoms with E-state index in [1.807, 2.05) is 0 Å². The molecule has 0 aliphatic heterocycles. The number of benzene rings is 1. The van der Waals surface area contributed by atoms with Crippen LogP contribution in [0.3, 0.4) is 0 Å². The topological polar surface area (TPSA) is 63.8 Å². The van der Waals surface area contributed by atoms with E-state index in [1.54, 1.807) is 30.5 Å². The van der Waals surface area contributed by atoms with Crippen LogP contribution in [0, 0.1) is 0 Å². The molecule has 0 fully saturated rings. The first-order valence-corrected chi connectivity index (χ1v) is 5.21. The molecule has 6 heteroatoms. The van der Waals surface area contributed by atoms with Crippen LogP contribution in [0.15, 0.2) is 30.5 Å². The van der Waals surface area contributed by atoms with Crippen molar-refractivity contribution in [3.63, 3.8) is 0 Å². The van der Waals surface area contributed by atoms with Gasteiger partial charge >= 0.3 is 0 Å². The summed E-state index contributed by atoms with van der Waals surface area (Å²) in [7, 11) is 0. The Balaban J connectivity index is 2.49. The number of nitrogen functional groups attached to an aromatic ring is 1. The highest BCUT2D eigenvalue weighted by atomic mass is 35.5. The van der Waals surface area contributed by atoms with Crippen molar-refractivity contribution in [2.75, 3.05) is 5.43 Å². The number of rotatable bonds is 2.